The van der Waals surface area contributed by atoms with E-state index in [1.807, 2.05) is 0 Å². The molecule has 0 spiro atoms. The number of nitrogens with one attached hydrogen (secondary N) is 1. The molecule has 1 rings (SSSR count). The van der Waals surface area contributed by atoms with Crippen LogP contribution in [0.1, 0.15) is 6.42 Å². The molecule has 0 aromatic carbocycles. The molecule has 0 saturated heterocycles. The number of hydrogen-bond donors (Lipinski definition) is 2. The number of hydrogen-bond acceptors (Lipinski definition) is 4. The van der Waals surface area contributed by atoms with E-state index in [4.69, 9.17) is 17.3 Å². The molecule has 0 atom stereocenters. The van der Waals surface area contributed by atoms with Crippen LogP contribution in [0.5, 0.6) is 0 Å². The third kappa shape index (κ3) is 3.14. The van der Waals surface area contributed by atoms with E-state index < -0.39 is 11.7 Å². The fourth-order valence-electron chi connectivity index (χ4n) is 0.774. The second kappa shape index (κ2) is 4.71. The van der Waals surface area contributed by atoms with Crippen LogP contribution in [0.15, 0.2) is 6.20 Å². The lowest BCUT2D eigenvalue weighted by atomic mass is 10.4. The molecule has 1 aromatic rings. The quantitative estimate of drug-likeness (QED) is 0.724. The molecule has 0 fully saturated rings. The molecule has 0 bridgehead atoms. The van der Waals surface area contributed by atoms with Crippen molar-refractivity contribution in [3.05, 3.63) is 17.3 Å². The maximum atomic E-state index is 12.9. The molecule has 3 N–H and O–H groups in total. The van der Waals surface area contributed by atoms with Gasteiger partial charge in [0.15, 0.2) is 11.6 Å². The van der Waals surface area contributed by atoms with Gasteiger partial charge in [0.05, 0.1) is 6.20 Å². The summed E-state index contributed by atoms with van der Waals surface area (Å²) in [5.41, 5.74) is 4.89. The third-order valence-electron chi connectivity index (χ3n) is 1.38. The number of nitrogens with two attached hydrogens (primary N) is 1. The first-order chi connectivity index (χ1) is 6.59. The van der Waals surface area contributed by atoms with Crippen LogP contribution in [0.3, 0.4) is 0 Å². The number of amides is 1. The zero-order valence-electron chi connectivity index (χ0n) is 7.13. The Morgan fingerprint density at radius 2 is 2.43 bits per heavy atom. The monoisotopic (exact) mass is 218 g/mol. The van der Waals surface area contributed by atoms with Crippen molar-refractivity contribution in [2.45, 2.75) is 6.42 Å². The van der Waals surface area contributed by atoms with Gasteiger partial charge in [-0.3, -0.25) is 4.79 Å². The van der Waals surface area contributed by atoms with Gasteiger partial charge in [0.2, 0.25) is 11.2 Å². The van der Waals surface area contributed by atoms with Gasteiger partial charge >= 0.3 is 0 Å². The molecular weight excluding hydrogens is 211 g/mol. The van der Waals surface area contributed by atoms with Crippen LogP contribution >= 0.6 is 11.6 Å². The normalized spacial score (nSPS) is 9.86. The van der Waals surface area contributed by atoms with Gasteiger partial charge in [0.1, 0.15) is 0 Å². The summed E-state index contributed by atoms with van der Waals surface area (Å²) in [5.74, 6) is -1.14. The fourth-order valence-corrected chi connectivity index (χ4v) is 0.907. The molecule has 0 aliphatic rings. The third-order valence-corrected chi connectivity index (χ3v) is 1.56. The molecule has 76 valence electrons. The number of halogens is 2. The predicted octanol–water partition coefficient (Wildman–Crippen LogP) is 0.556. The lowest BCUT2D eigenvalue weighted by Gasteiger charge is -2.04. The Morgan fingerprint density at radius 3 is 3.07 bits per heavy atom. The van der Waals surface area contributed by atoms with Crippen LogP contribution in [-0.2, 0) is 4.79 Å². The van der Waals surface area contributed by atoms with Gasteiger partial charge in [-0.2, -0.15) is 4.98 Å². The lowest BCUT2D eigenvalue weighted by Crippen LogP contribution is -2.16. The number of nitrogens with zero attached hydrogens (tertiary/aromatic N) is 2. The maximum Gasteiger partial charge on any atom is 0.224 e. The standard InChI is InChI=1S/C7H8ClFN4O/c8-7-12-3-4(9)6(13-7)11-2-1-5(10)14/h3H,1-2H2,(H2,10,14)(H,11,12,13). The number of rotatable bonds is 4. The first-order valence-electron chi connectivity index (χ1n) is 3.80. The second-order valence-electron chi connectivity index (χ2n) is 2.48. The van der Waals surface area contributed by atoms with Crippen LogP contribution in [0.4, 0.5) is 10.2 Å². The summed E-state index contributed by atoms with van der Waals surface area (Å²) in [7, 11) is 0. The summed E-state index contributed by atoms with van der Waals surface area (Å²) in [6.07, 6.45) is 1.04. The van der Waals surface area contributed by atoms with Crippen LogP contribution in [0.25, 0.3) is 0 Å². The average molecular weight is 219 g/mol. The van der Waals surface area contributed by atoms with Crippen LogP contribution in [0.2, 0.25) is 5.28 Å². The van der Waals surface area contributed by atoms with Gasteiger partial charge in [0, 0.05) is 13.0 Å². The van der Waals surface area contributed by atoms with Crippen molar-refractivity contribution in [3.8, 4) is 0 Å². The SMILES string of the molecule is NC(=O)CCNc1nc(Cl)ncc1F. The Morgan fingerprint density at radius 1 is 1.71 bits per heavy atom. The Hall–Kier alpha value is -1.43. The molecular formula is C7H8ClFN4O. The van der Waals surface area contributed by atoms with E-state index in [0.717, 1.165) is 6.20 Å². The Bertz CT molecular complexity index is 346. The minimum Gasteiger partial charge on any atom is -0.370 e. The first-order valence-corrected chi connectivity index (χ1v) is 4.17. The maximum absolute atomic E-state index is 12.9. The highest BCUT2D eigenvalue weighted by Crippen LogP contribution is 2.11. The van der Waals surface area contributed by atoms with E-state index in [1.165, 1.54) is 0 Å². The van der Waals surface area contributed by atoms with Crippen molar-refractivity contribution in [1.82, 2.24) is 9.97 Å². The molecule has 0 unspecified atom stereocenters. The van der Waals surface area contributed by atoms with Gasteiger partial charge in [0.25, 0.3) is 0 Å². The van der Waals surface area contributed by atoms with Gasteiger partial charge in [-0.05, 0) is 11.6 Å². The topological polar surface area (TPSA) is 80.9 Å². The summed E-state index contributed by atoms with van der Waals surface area (Å²) in [6.45, 7) is 0.208. The van der Waals surface area contributed by atoms with Crippen molar-refractivity contribution in [1.29, 1.82) is 0 Å². The molecule has 7 heteroatoms. The van der Waals surface area contributed by atoms with Crippen molar-refractivity contribution >= 4 is 23.3 Å². The van der Waals surface area contributed by atoms with E-state index in [-0.39, 0.29) is 24.1 Å². The highest BCUT2D eigenvalue weighted by molar-refractivity contribution is 6.28. The summed E-state index contributed by atoms with van der Waals surface area (Å²) < 4.78 is 12.9. The zero-order valence-corrected chi connectivity index (χ0v) is 7.88. The smallest absolute Gasteiger partial charge is 0.224 e. The second-order valence-corrected chi connectivity index (χ2v) is 2.82. The zero-order chi connectivity index (χ0) is 10.6. The molecule has 0 aliphatic carbocycles. The minimum atomic E-state index is -0.626. The Labute approximate surface area is 84.5 Å². The molecule has 1 amide bonds. The number of aromatic nitrogens is 2. The van der Waals surface area contributed by atoms with E-state index >= 15 is 0 Å². The first kappa shape index (κ1) is 10.6. The Balaban J connectivity index is 2.57. The molecule has 14 heavy (non-hydrogen) atoms. The van der Waals surface area contributed by atoms with E-state index in [9.17, 15) is 9.18 Å². The van der Waals surface area contributed by atoms with E-state index in [0.29, 0.717) is 0 Å². The van der Waals surface area contributed by atoms with Gasteiger partial charge < -0.3 is 11.1 Å². The van der Waals surface area contributed by atoms with Crippen molar-refractivity contribution in [2.75, 3.05) is 11.9 Å². The van der Waals surface area contributed by atoms with Gasteiger partial charge in [-0.25, -0.2) is 9.37 Å². The van der Waals surface area contributed by atoms with Gasteiger partial charge in [-0.15, -0.1) is 0 Å². The summed E-state index contributed by atoms with van der Waals surface area (Å²) in [4.78, 5) is 17.4. The van der Waals surface area contributed by atoms with Crippen LogP contribution in [0, 0.1) is 5.82 Å². The highest BCUT2D eigenvalue weighted by atomic mass is 35.5. The molecule has 1 heterocycles. The van der Waals surface area contributed by atoms with Gasteiger partial charge in [-0.1, -0.05) is 0 Å². The number of primary amides is 1. The number of carbonyl (C=O) groups excluding carboxylic acids is 1. The van der Waals surface area contributed by atoms with Crippen LogP contribution in [-0.4, -0.2) is 22.4 Å². The molecule has 5 nitrogen and oxygen atoms in total. The minimum absolute atomic E-state index is 0.0359. The van der Waals surface area contributed by atoms with Crippen molar-refractivity contribution in [3.63, 3.8) is 0 Å². The van der Waals surface area contributed by atoms with Crippen LogP contribution < -0.4 is 11.1 Å². The molecule has 0 aliphatic heterocycles. The molecule has 0 radical (unpaired) electrons. The summed E-state index contributed by atoms with van der Waals surface area (Å²) >= 11 is 5.44. The van der Waals surface area contributed by atoms with Crippen molar-refractivity contribution < 1.29 is 9.18 Å². The summed E-state index contributed by atoms with van der Waals surface area (Å²) in [5, 5.41) is 2.51. The van der Waals surface area contributed by atoms with Crippen molar-refractivity contribution in [2.24, 2.45) is 5.73 Å². The highest BCUT2D eigenvalue weighted by Gasteiger charge is 2.05. The lowest BCUT2D eigenvalue weighted by molar-refractivity contribution is -0.117. The molecule has 0 saturated carbocycles. The Kier molecular flexibility index (Phi) is 3.58. The average Bonchev–Trinajstić information content (AvgIpc) is 2.10. The van der Waals surface area contributed by atoms with E-state index in [2.05, 4.69) is 15.3 Å². The number of carbonyl (C=O) groups is 1. The van der Waals surface area contributed by atoms with E-state index in [1.54, 1.807) is 0 Å². The fraction of sp³-hybridized carbons (Fsp3) is 0.286. The number of anilines is 1. The largest absolute Gasteiger partial charge is 0.370 e. The predicted molar refractivity (Wildman–Crippen MR) is 49.3 cm³/mol. The molecule has 1 aromatic heterocycles. The summed E-state index contributed by atoms with van der Waals surface area (Å²) in [6, 6.07) is 0.